The highest BCUT2D eigenvalue weighted by molar-refractivity contribution is 7.99. The number of thioether (sulfide) groups is 1. The molecule has 0 aliphatic heterocycles. The topological polar surface area (TPSA) is 43.6 Å². The fourth-order valence-corrected chi connectivity index (χ4v) is 3.80. The van der Waals surface area contributed by atoms with Crippen molar-refractivity contribution in [3.8, 4) is 5.69 Å². The monoisotopic (exact) mass is 344 g/mol. The predicted octanol–water partition coefficient (Wildman–Crippen LogP) is 4.54. The Kier molecular flexibility index (Phi) is 4.57. The van der Waals surface area contributed by atoms with Gasteiger partial charge < -0.3 is 0 Å². The van der Waals surface area contributed by atoms with E-state index in [4.69, 9.17) is 0 Å². The highest BCUT2D eigenvalue weighted by Crippen LogP contribution is 2.39. The Bertz CT molecular complexity index is 884. The molecule has 0 saturated heterocycles. The summed E-state index contributed by atoms with van der Waals surface area (Å²) in [6.07, 6.45) is 0. The Morgan fingerprint density at radius 2 is 1.20 bits per heavy atom. The second-order valence-electron chi connectivity index (χ2n) is 5.53. The number of nitrogens with zero attached hydrogens (tertiary/aromatic N) is 4. The van der Waals surface area contributed by atoms with E-state index < -0.39 is 0 Å². The minimum atomic E-state index is 0.121. The maximum Gasteiger partial charge on any atom is 0.215 e. The first-order chi connectivity index (χ1) is 12.4. The van der Waals surface area contributed by atoms with E-state index in [0.29, 0.717) is 0 Å². The largest absolute Gasteiger partial charge is 0.215 e. The lowest BCUT2D eigenvalue weighted by Crippen LogP contribution is -2.02. The molecule has 5 heteroatoms. The number of aromatic nitrogens is 4. The van der Waals surface area contributed by atoms with Crippen LogP contribution >= 0.6 is 11.8 Å². The van der Waals surface area contributed by atoms with Gasteiger partial charge in [0.1, 0.15) is 0 Å². The van der Waals surface area contributed by atoms with Crippen LogP contribution in [-0.4, -0.2) is 20.2 Å². The van der Waals surface area contributed by atoms with Crippen molar-refractivity contribution in [2.24, 2.45) is 0 Å². The average molecular weight is 344 g/mol. The molecular weight excluding hydrogens is 328 g/mol. The lowest BCUT2D eigenvalue weighted by molar-refractivity contribution is 0.755. The Labute approximate surface area is 150 Å². The first kappa shape index (κ1) is 15.6. The van der Waals surface area contributed by atoms with Crippen molar-refractivity contribution in [1.29, 1.82) is 0 Å². The molecule has 4 nitrogen and oxygen atoms in total. The molecule has 4 aromatic rings. The molecule has 0 amide bonds. The molecule has 0 fully saturated rings. The third-order valence-electron chi connectivity index (χ3n) is 3.87. The van der Waals surface area contributed by atoms with Crippen molar-refractivity contribution in [1.82, 2.24) is 20.2 Å². The molecular formula is C20H16N4S. The van der Waals surface area contributed by atoms with Gasteiger partial charge in [0, 0.05) is 0 Å². The van der Waals surface area contributed by atoms with Crippen LogP contribution in [0.1, 0.15) is 16.4 Å². The molecule has 0 atom stereocenters. The number of tetrazole rings is 1. The second kappa shape index (κ2) is 7.32. The number of para-hydroxylation sites is 1. The van der Waals surface area contributed by atoms with Gasteiger partial charge in [-0.1, -0.05) is 90.6 Å². The Morgan fingerprint density at radius 3 is 1.76 bits per heavy atom. The molecule has 0 aliphatic rings. The van der Waals surface area contributed by atoms with E-state index in [0.717, 1.165) is 10.8 Å². The van der Waals surface area contributed by atoms with E-state index in [2.05, 4.69) is 64.1 Å². The highest BCUT2D eigenvalue weighted by atomic mass is 32.2. The van der Waals surface area contributed by atoms with Crippen LogP contribution in [0.2, 0.25) is 0 Å². The summed E-state index contributed by atoms with van der Waals surface area (Å²) < 4.78 is 1.78. The van der Waals surface area contributed by atoms with Gasteiger partial charge in [-0.05, 0) is 33.7 Å². The summed E-state index contributed by atoms with van der Waals surface area (Å²) in [5.74, 6) is 0. The van der Waals surface area contributed by atoms with Crippen molar-refractivity contribution in [2.45, 2.75) is 10.4 Å². The van der Waals surface area contributed by atoms with Crippen LogP contribution in [0.25, 0.3) is 5.69 Å². The number of hydrogen-bond donors (Lipinski definition) is 0. The van der Waals surface area contributed by atoms with E-state index in [-0.39, 0.29) is 5.25 Å². The first-order valence-electron chi connectivity index (χ1n) is 8.02. The van der Waals surface area contributed by atoms with E-state index in [1.54, 1.807) is 16.4 Å². The smallest absolute Gasteiger partial charge is 0.187 e. The van der Waals surface area contributed by atoms with E-state index in [1.165, 1.54) is 11.1 Å². The lowest BCUT2D eigenvalue weighted by atomic mass is 10.0. The van der Waals surface area contributed by atoms with Gasteiger partial charge in [-0.15, -0.1) is 5.10 Å². The quantitative estimate of drug-likeness (QED) is 0.498. The molecule has 0 bridgehead atoms. The van der Waals surface area contributed by atoms with Crippen LogP contribution in [0, 0.1) is 0 Å². The highest BCUT2D eigenvalue weighted by Gasteiger charge is 2.20. The normalized spacial score (nSPS) is 10.9. The molecule has 1 heterocycles. The van der Waals surface area contributed by atoms with Crippen molar-refractivity contribution < 1.29 is 0 Å². The van der Waals surface area contributed by atoms with Crippen LogP contribution in [0.5, 0.6) is 0 Å². The maximum atomic E-state index is 4.25. The number of hydrogen-bond acceptors (Lipinski definition) is 4. The summed E-state index contributed by atoms with van der Waals surface area (Å²) in [6.45, 7) is 0. The van der Waals surface area contributed by atoms with Crippen molar-refractivity contribution in [2.75, 3.05) is 0 Å². The maximum absolute atomic E-state index is 4.25. The molecule has 0 N–H and O–H groups in total. The molecule has 3 aromatic carbocycles. The summed E-state index contributed by atoms with van der Waals surface area (Å²) >= 11 is 1.65. The molecule has 0 radical (unpaired) electrons. The van der Waals surface area contributed by atoms with E-state index in [1.807, 2.05) is 42.5 Å². The standard InChI is InChI=1S/C20H16N4S/c1-4-10-16(11-5-1)19(17-12-6-2-7-13-17)25-20-21-22-23-24(20)18-14-8-3-9-15-18/h1-15,19H. The van der Waals surface area contributed by atoms with Crippen molar-refractivity contribution in [3.05, 3.63) is 102 Å². The third-order valence-corrected chi connectivity index (χ3v) is 5.12. The van der Waals surface area contributed by atoms with Gasteiger partial charge in [0.15, 0.2) is 0 Å². The van der Waals surface area contributed by atoms with Gasteiger partial charge in [0.25, 0.3) is 0 Å². The summed E-state index contributed by atoms with van der Waals surface area (Å²) in [6, 6.07) is 30.8. The van der Waals surface area contributed by atoms with Crippen LogP contribution in [-0.2, 0) is 0 Å². The van der Waals surface area contributed by atoms with Crippen LogP contribution in [0.15, 0.2) is 96.2 Å². The third kappa shape index (κ3) is 3.46. The Morgan fingerprint density at radius 1 is 0.680 bits per heavy atom. The molecule has 0 aliphatic carbocycles. The van der Waals surface area contributed by atoms with Crippen LogP contribution < -0.4 is 0 Å². The molecule has 0 saturated carbocycles. The Balaban J connectivity index is 1.73. The fourth-order valence-electron chi connectivity index (χ4n) is 2.67. The van der Waals surface area contributed by atoms with Gasteiger partial charge in [-0.3, -0.25) is 0 Å². The minimum Gasteiger partial charge on any atom is -0.187 e. The Hall–Kier alpha value is -2.92. The molecule has 25 heavy (non-hydrogen) atoms. The number of benzene rings is 3. The van der Waals surface area contributed by atoms with E-state index >= 15 is 0 Å². The molecule has 1 aromatic heterocycles. The summed E-state index contributed by atoms with van der Waals surface area (Å²) in [7, 11) is 0. The zero-order valence-corrected chi connectivity index (χ0v) is 14.3. The zero-order chi connectivity index (χ0) is 16.9. The molecule has 0 spiro atoms. The summed E-state index contributed by atoms with van der Waals surface area (Å²) in [5, 5.41) is 13.2. The first-order valence-corrected chi connectivity index (χ1v) is 8.90. The predicted molar refractivity (Wildman–Crippen MR) is 99.7 cm³/mol. The summed E-state index contributed by atoms with van der Waals surface area (Å²) in [4.78, 5) is 0. The second-order valence-corrected chi connectivity index (χ2v) is 6.60. The van der Waals surface area contributed by atoms with Crippen LogP contribution in [0.4, 0.5) is 0 Å². The molecule has 0 unspecified atom stereocenters. The lowest BCUT2D eigenvalue weighted by Gasteiger charge is -2.17. The van der Waals surface area contributed by atoms with E-state index in [9.17, 15) is 0 Å². The van der Waals surface area contributed by atoms with Gasteiger partial charge in [-0.25, -0.2) is 0 Å². The number of rotatable bonds is 5. The van der Waals surface area contributed by atoms with Gasteiger partial charge in [0.05, 0.1) is 10.9 Å². The van der Waals surface area contributed by atoms with Gasteiger partial charge >= 0.3 is 0 Å². The van der Waals surface area contributed by atoms with Gasteiger partial charge in [-0.2, -0.15) is 4.68 Å². The zero-order valence-electron chi connectivity index (χ0n) is 13.4. The van der Waals surface area contributed by atoms with Gasteiger partial charge in [0.2, 0.25) is 5.16 Å². The summed E-state index contributed by atoms with van der Waals surface area (Å²) in [5.41, 5.74) is 3.40. The van der Waals surface area contributed by atoms with Crippen molar-refractivity contribution in [3.63, 3.8) is 0 Å². The minimum absolute atomic E-state index is 0.121. The molecule has 122 valence electrons. The SMILES string of the molecule is c1ccc(C(Sc2nnnn2-c2ccccc2)c2ccccc2)cc1. The average Bonchev–Trinajstić information content (AvgIpc) is 3.16. The molecule has 4 rings (SSSR count). The van der Waals surface area contributed by atoms with Crippen LogP contribution in [0.3, 0.4) is 0 Å². The van der Waals surface area contributed by atoms with Crippen molar-refractivity contribution >= 4 is 11.8 Å². The fraction of sp³-hybridized carbons (Fsp3) is 0.0500.